The molecule has 2 rings (SSSR count). The standard InChI is InChI=1S/C15H15FN2O2/c16-12-6-8-14(9-7-12)20-11-10-17-15(19)18-13-4-2-1-3-5-13/h1-9H,10-11H2,(H2,17,18,19). The number of hydrogen-bond acceptors (Lipinski definition) is 2. The van der Waals surface area contributed by atoms with Gasteiger partial charge in [-0.1, -0.05) is 18.2 Å². The minimum Gasteiger partial charge on any atom is -0.492 e. The highest BCUT2D eigenvalue weighted by Gasteiger charge is 2.00. The molecule has 2 N–H and O–H groups in total. The number of halogens is 1. The highest BCUT2D eigenvalue weighted by molar-refractivity contribution is 5.89. The lowest BCUT2D eigenvalue weighted by molar-refractivity contribution is 0.247. The summed E-state index contributed by atoms with van der Waals surface area (Å²) in [5.74, 6) is 0.259. The van der Waals surface area contributed by atoms with E-state index in [0.717, 1.165) is 5.69 Å². The zero-order valence-electron chi connectivity index (χ0n) is 10.8. The van der Waals surface area contributed by atoms with E-state index in [0.29, 0.717) is 18.9 Å². The van der Waals surface area contributed by atoms with Crippen molar-refractivity contribution in [1.82, 2.24) is 5.32 Å². The van der Waals surface area contributed by atoms with Crippen molar-refractivity contribution >= 4 is 11.7 Å². The number of nitrogens with one attached hydrogen (secondary N) is 2. The fourth-order valence-corrected chi connectivity index (χ4v) is 1.56. The molecule has 0 fully saturated rings. The third-order valence-corrected chi connectivity index (χ3v) is 2.50. The Bertz CT molecular complexity index is 544. The van der Waals surface area contributed by atoms with Gasteiger partial charge in [-0.25, -0.2) is 9.18 Å². The average molecular weight is 274 g/mol. The summed E-state index contributed by atoms with van der Waals surface area (Å²) in [5.41, 5.74) is 0.726. The highest BCUT2D eigenvalue weighted by atomic mass is 19.1. The van der Waals surface area contributed by atoms with Crippen molar-refractivity contribution in [3.8, 4) is 5.75 Å². The van der Waals surface area contributed by atoms with Crippen LogP contribution in [-0.2, 0) is 0 Å². The monoisotopic (exact) mass is 274 g/mol. The lowest BCUT2D eigenvalue weighted by atomic mass is 10.3. The van der Waals surface area contributed by atoms with Crippen LogP contribution in [0, 0.1) is 5.82 Å². The predicted molar refractivity (Wildman–Crippen MR) is 75.4 cm³/mol. The molecule has 0 bridgehead atoms. The molecule has 2 amide bonds. The van der Waals surface area contributed by atoms with Crippen LogP contribution in [0.3, 0.4) is 0 Å². The van der Waals surface area contributed by atoms with E-state index >= 15 is 0 Å². The molecule has 0 aliphatic rings. The fourth-order valence-electron chi connectivity index (χ4n) is 1.56. The van der Waals surface area contributed by atoms with Gasteiger partial charge in [0.1, 0.15) is 18.2 Å². The molecule has 0 spiro atoms. The molecule has 5 heteroatoms. The molecule has 0 saturated heterocycles. The number of amides is 2. The van der Waals surface area contributed by atoms with Crippen molar-refractivity contribution < 1.29 is 13.9 Å². The minimum atomic E-state index is -0.308. The molecule has 4 nitrogen and oxygen atoms in total. The highest BCUT2D eigenvalue weighted by Crippen LogP contribution is 2.10. The number of anilines is 1. The summed E-state index contributed by atoms with van der Waals surface area (Å²) in [7, 11) is 0. The van der Waals surface area contributed by atoms with Crippen LogP contribution in [0.25, 0.3) is 0 Å². The Balaban J connectivity index is 1.66. The molecule has 0 aliphatic heterocycles. The molecule has 2 aromatic carbocycles. The van der Waals surface area contributed by atoms with Gasteiger partial charge in [-0.3, -0.25) is 0 Å². The zero-order chi connectivity index (χ0) is 14.2. The lowest BCUT2D eigenvalue weighted by Gasteiger charge is -2.09. The van der Waals surface area contributed by atoms with Crippen LogP contribution in [0.2, 0.25) is 0 Å². The first-order valence-corrected chi connectivity index (χ1v) is 6.22. The van der Waals surface area contributed by atoms with Crippen LogP contribution in [0.1, 0.15) is 0 Å². The first-order valence-electron chi connectivity index (χ1n) is 6.22. The van der Waals surface area contributed by atoms with Gasteiger partial charge in [-0.2, -0.15) is 0 Å². The van der Waals surface area contributed by atoms with Gasteiger partial charge in [0.25, 0.3) is 0 Å². The van der Waals surface area contributed by atoms with Gasteiger partial charge < -0.3 is 15.4 Å². The van der Waals surface area contributed by atoms with Crippen molar-refractivity contribution in [3.05, 3.63) is 60.4 Å². The summed E-state index contributed by atoms with van der Waals surface area (Å²) in [6.45, 7) is 0.671. The van der Waals surface area contributed by atoms with Crippen molar-refractivity contribution in [1.29, 1.82) is 0 Å². The minimum absolute atomic E-state index is 0.293. The maximum Gasteiger partial charge on any atom is 0.319 e. The Morgan fingerprint density at radius 2 is 1.75 bits per heavy atom. The first-order chi connectivity index (χ1) is 9.74. The Morgan fingerprint density at radius 3 is 2.45 bits per heavy atom. The van der Waals surface area contributed by atoms with Gasteiger partial charge in [-0.05, 0) is 36.4 Å². The number of ether oxygens (including phenoxy) is 1. The lowest BCUT2D eigenvalue weighted by Crippen LogP contribution is -2.32. The van der Waals surface area contributed by atoms with E-state index in [4.69, 9.17) is 4.74 Å². The summed E-state index contributed by atoms with van der Waals surface area (Å²) in [6, 6.07) is 14.6. The maximum absolute atomic E-state index is 12.7. The van der Waals surface area contributed by atoms with E-state index in [2.05, 4.69) is 10.6 Å². The molecular formula is C15H15FN2O2. The van der Waals surface area contributed by atoms with Crippen LogP contribution < -0.4 is 15.4 Å². The van der Waals surface area contributed by atoms with Crippen LogP contribution in [0.15, 0.2) is 54.6 Å². The van der Waals surface area contributed by atoms with E-state index in [9.17, 15) is 9.18 Å². The Hall–Kier alpha value is -2.56. The van der Waals surface area contributed by atoms with E-state index < -0.39 is 0 Å². The van der Waals surface area contributed by atoms with Crippen molar-refractivity contribution in [3.63, 3.8) is 0 Å². The number of benzene rings is 2. The molecule has 2 aromatic rings. The maximum atomic E-state index is 12.7. The summed E-state index contributed by atoms with van der Waals surface area (Å²) >= 11 is 0. The van der Waals surface area contributed by atoms with Crippen molar-refractivity contribution in [2.75, 3.05) is 18.5 Å². The van der Waals surface area contributed by atoms with Crippen LogP contribution in [-0.4, -0.2) is 19.2 Å². The van der Waals surface area contributed by atoms with Gasteiger partial charge in [0.15, 0.2) is 0 Å². The zero-order valence-corrected chi connectivity index (χ0v) is 10.8. The molecule has 104 valence electrons. The van der Waals surface area contributed by atoms with E-state index in [-0.39, 0.29) is 11.8 Å². The molecule has 20 heavy (non-hydrogen) atoms. The normalized spacial score (nSPS) is 9.85. The molecule has 0 aromatic heterocycles. The SMILES string of the molecule is O=C(NCCOc1ccc(F)cc1)Nc1ccccc1. The van der Waals surface area contributed by atoms with Gasteiger partial charge in [0.2, 0.25) is 0 Å². The molecule has 0 radical (unpaired) electrons. The summed E-state index contributed by atoms with van der Waals surface area (Å²) in [4.78, 5) is 11.5. The Kier molecular flexibility index (Phi) is 4.94. The third-order valence-electron chi connectivity index (χ3n) is 2.50. The van der Waals surface area contributed by atoms with Gasteiger partial charge in [0, 0.05) is 5.69 Å². The van der Waals surface area contributed by atoms with Gasteiger partial charge in [-0.15, -0.1) is 0 Å². The average Bonchev–Trinajstić information content (AvgIpc) is 2.46. The third kappa shape index (κ3) is 4.61. The van der Waals surface area contributed by atoms with E-state index in [1.165, 1.54) is 12.1 Å². The second kappa shape index (κ2) is 7.13. The largest absolute Gasteiger partial charge is 0.492 e. The summed E-state index contributed by atoms with van der Waals surface area (Å²) in [5, 5.41) is 5.36. The van der Waals surface area contributed by atoms with E-state index in [1.807, 2.05) is 18.2 Å². The second-order valence-corrected chi connectivity index (χ2v) is 4.05. The fraction of sp³-hybridized carbons (Fsp3) is 0.133. The molecular weight excluding hydrogens is 259 g/mol. The second-order valence-electron chi connectivity index (χ2n) is 4.05. The van der Waals surface area contributed by atoms with Crippen LogP contribution >= 0.6 is 0 Å². The summed E-state index contributed by atoms with van der Waals surface area (Å²) in [6.07, 6.45) is 0. The van der Waals surface area contributed by atoms with Crippen LogP contribution in [0.5, 0.6) is 5.75 Å². The number of rotatable bonds is 5. The molecule has 0 saturated carbocycles. The Labute approximate surface area is 116 Å². The number of carbonyl (C=O) groups excluding carboxylic acids is 1. The Morgan fingerprint density at radius 1 is 1.05 bits per heavy atom. The molecule has 0 aliphatic carbocycles. The van der Waals surface area contributed by atoms with Gasteiger partial charge in [0.05, 0.1) is 6.54 Å². The number of carbonyl (C=O) groups is 1. The smallest absolute Gasteiger partial charge is 0.319 e. The molecule has 0 unspecified atom stereocenters. The van der Waals surface area contributed by atoms with Gasteiger partial charge >= 0.3 is 6.03 Å². The van der Waals surface area contributed by atoms with E-state index in [1.54, 1.807) is 24.3 Å². The summed E-state index contributed by atoms with van der Waals surface area (Å²) < 4.78 is 18.0. The quantitative estimate of drug-likeness (QED) is 0.823. The molecule has 0 atom stereocenters. The number of para-hydroxylation sites is 1. The van der Waals surface area contributed by atoms with Crippen LogP contribution in [0.4, 0.5) is 14.9 Å². The number of urea groups is 1. The molecule has 0 heterocycles. The first kappa shape index (κ1) is 13.9. The number of hydrogen-bond donors (Lipinski definition) is 2. The topological polar surface area (TPSA) is 50.4 Å². The predicted octanol–water partition coefficient (Wildman–Crippen LogP) is 3.03. The van der Waals surface area contributed by atoms with Crippen molar-refractivity contribution in [2.45, 2.75) is 0 Å². The van der Waals surface area contributed by atoms with Crippen molar-refractivity contribution in [2.24, 2.45) is 0 Å².